The Kier molecular flexibility index (Phi) is 8.51. The number of carbonyl (C=O) groups is 3. The van der Waals surface area contributed by atoms with Crippen LogP contribution in [0.4, 0.5) is 5.69 Å². The van der Waals surface area contributed by atoms with Gasteiger partial charge in [0, 0.05) is 17.8 Å². The van der Waals surface area contributed by atoms with E-state index in [4.69, 9.17) is 4.74 Å². The Balaban J connectivity index is 1.50. The first-order valence-electron chi connectivity index (χ1n) is 10.7. The van der Waals surface area contributed by atoms with Crippen molar-refractivity contribution >= 4 is 29.6 Å². The van der Waals surface area contributed by atoms with Crippen molar-refractivity contribution in [1.82, 2.24) is 10.7 Å². The number of nitrogens with one attached hydrogen (secondary N) is 3. The van der Waals surface area contributed by atoms with Gasteiger partial charge < -0.3 is 15.4 Å². The van der Waals surface area contributed by atoms with E-state index in [2.05, 4.69) is 21.2 Å². The third kappa shape index (κ3) is 7.30. The highest BCUT2D eigenvalue weighted by Crippen LogP contribution is 2.18. The highest BCUT2D eigenvalue weighted by molar-refractivity contribution is 6.35. The molecule has 0 bridgehead atoms. The molecule has 8 nitrogen and oxygen atoms in total. The molecule has 34 heavy (non-hydrogen) atoms. The molecular formula is C26H26N4O4. The van der Waals surface area contributed by atoms with Crippen LogP contribution in [0.1, 0.15) is 22.3 Å². The zero-order valence-electron chi connectivity index (χ0n) is 19.0. The van der Waals surface area contributed by atoms with Gasteiger partial charge in [-0.05, 0) is 43.2 Å². The SMILES string of the molecule is Cc1ccc(NC(=O)COc2ccccc2/C=N\NC(=O)C(=O)NCc2ccccc2)c(C)c1. The highest BCUT2D eigenvalue weighted by atomic mass is 16.5. The fourth-order valence-electron chi connectivity index (χ4n) is 3.07. The van der Waals surface area contributed by atoms with Crippen LogP contribution in [0, 0.1) is 13.8 Å². The standard InChI is InChI=1S/C26H26N4O4/c1-18-12-13-22(19(2)14-18)29-24(31)17-34-23-11-7-6-10-21(23)16-28-30-26(33)25(32)27-15-20-8-4-3-5-9-20/h3-14,16H,15,17H2,1-2H3,(H,27,32)(H,29,31)(H,30,33)/b28-16-. The summed E-state index contributed by atoms with van der Waals surface area (Å²) in [6.45, 7) is 3.94. The maximum atomic E-state index is 12.3. The van der Waals surface area contributed by atoms with Crippen LogP contribution >= 0.6 is 0 Å². The maximum Gasteiger partial charge on any atom is 0.329 e. The lowest BCUT2D eigenvalue weighted by Crippen LogP contribution is -2.37. The molecule has 0 heterocycles. The second-order valence-electron chi connectivity index (χ2n) is 7.56. The summed E-state index contributed by atoms with van der Waals surface area (Å²) in [5.41, 5.74) is 6.39. The van der Waals surface area contributed by atoms with Gasteiger partial charge in [-0.25, -0.2) is 5.43 Å². The minimum atomic E-state index is -0.890. The number of para-hydroxylation sites is 1. The summed E-state index contributed by atoms with van der Waals surface area (Å²) in [6, 6.07) is 21.9. The van der Waals surface area contributed by atoms with Gasteiger partial charge in [-0.2, -0.15) is 5.10 Å². The fourth-order valence-corrected chi connectivity index (χ4v) is 3.07. The Morgan fingerprint density at radius 3 is 2.41 bits per heavy atom. The molecule has 0 unspecified atom stereocenters. The summed E-state index contributed by atoms with van der Waals surface area (Å²) in [6.07, 6.45) is 1.35. The third-order valence-corrected chi connectivity index (χ3v) is 4.81. The van der Waals surface area contributed by atoms with E-state index in [1.807, 2.05) is 62.4 Å². The van der Waals surface area contributed by atoms with Crippen molar-refractivity contribution in [3.05, 3.63) is 95.1 Å². The van der Waals surface area contributed by atoms with E-state index >= 15 is 0 Å². The van der Waals surface area contributed by atoms with Gasteiger partial charge >= 0.3 is 11.8 Å². The zero-order valence-corrected chi connectivity index (χ0v) is 19.0. The topological polar surface area (TPSA) is 109 Å². The number of hydrogen-bond acceptors (Lipinski definition) is 5. The lowest BCUT2D eigenvalue weighted by Gasteiger charge is -2.11. The number of carbonyl (C=O) groups excluding carboxylic acids is 3. The molecule has 0 radical (unpaired) electrons. The van der Waals surface area contributed by atoms with E-state index in [9.17, 15) is 14.4 Å². The molecule has 0 aliphatic rings. The van der Waals surface area contributed by atoms with Crippen molar-refractivity contribution in [1.29, 1.82) is 0 Å². The molecule has 3 rings (SSSR count). The molecule has 3 aromatic rings. The smallest absolute Gasteiger partial charge is 0.329 e. The van der Waals surface area contributed by atoms with Crippen LogP contribution in [0.15, 0.2) is 77.9 Å². The number of nitrogens with zero attached hydrogens (tertiary/aromatic N) is 1. The number of aryl methyl sites for hydroxylation is 2. The number of rotatable bonds is 8. The Hall–Kier alpha value is -4.46. The fraction of sp³-hybridized carbons (Fsp3) is 0.154. The van der Waals surface area contributed by atoms with E-state index < -0.39 is 11.8 Å². The van der Waals surface area contributed by atoms with Gasteiger partial charge in [-0.1, -0.05) is 60.2 Å². The Bertz CT molecular complexity index is 1190. The summed E-state index contributed by atoms with van der Waals surface area (Å²) in [5.74, 6) is -1.58. The minimum absolute atomic E-state index is 0.202. The second-order valence-corrected chi connectivity index (χ2v) is 7.56. The Morgan fingerprint density at radius 1 is 0.912 bits per heavy atom. The first-order chi connectivity index (χ1) is 16.4. The van der Waals surface area contributed by atoms with Crippen molar-refractivity contribution in [2.45, 2.75) is 20.4 Å². The van der Waals surface area contributed by atoms with Crippen molar-refractivity contribution in [2.24, 2.45) is 5.10 Å². The Morgan fingerprint density at radius 2 is 1.65 bits per heavy atom. The molecule has 0 aliphatic heterocycles. The molecule has 0 spiro atoms. The Labute approximate surface area is 198 Å². The van der Waals surface area contributed by atoms with Crippen molar-refractivity contribution in [2.75, 3.05) is 11.9 Å². The molecule has 0 saturated carbocycles. The predicted octanol–water partition coefficient (Wildman–Crippen LogP) is 3.09. The van der Waals surface area contributed by atoms with E-state index in [0.29, 0.717) is 11.3 Å². The molecule has 0 aliphatic carbocycles. The number of hydrogen-bond donors (Lipinski definition) is 3. The number of anilines is 1. The number of hydrazone groups is 1. The van der Waals surface area contributed by atoms with Crippen LogP contribution in [0.3, 0.4) is 0 Å². The lowest BCUT2D eigenvalue weighted by atomic mass is 10.1. The molecule has 174 valence electrons. The van der Waals surface area contributed by atoms with Crippen molar-refractivity contribution < 1.29 is 19.1 Å². The molecule has 3 N–H and O–H groups in total. The van der Waals surface area contributed by atoms with E-state index in [1.54, 1.807) is 24.3 Å². The highest BCUT2D eigenvalue weighted by Gasteiger charge is 2.12. The summed E-state index contributed by atoms with van der Waals surface area (Å²) in [7, 11) is 0. The number of benzene rings is 3. The van der Waals surface area contributed by atoms with Gasteiger partial charge in [-0.3, -0.25) is 14.4 Å². The van der Waals surface area contributed by atoms with E-state index in [-0.39, 0.29) is 19.1 Å². The van der Waals surface area contributed by atoms with Gasteiger partial charge in [0.2, 0.25) is 0 Å². The minimum Gasteiger partial charge on any atom is -0.483 e. The summed E-state index contributed by atoms with van der Waals surface area (Å²) in [4.78, 5) is 36.2. The number of ether oxygens (including phenoxy) is 1. The van der Waals surface area contributed by atoms with Crippen LogP contribution < -0.4 is 20.8 Å². The summed E-state index contributed by atoms with van der Waals surface area (Å²) >= 11 is 0. The average Bonchev–Trinajstić information content (AvgIpc) is 2.84. The molecule has 3 aromatic carbocycles. The summed E-state index contributed by atoms with van der Waals surface area (Å²) in [5, 5.41) is 9.17. The third-order valence-electron chi connectivity index (χ3n) is 4.81. The van der Waals surface area contributed by atoms with Crippen LogP contribution in [-0.4, -0.2) is 30.5 Å². The van der Waals surface area contributed by atoms with Gasteiger partial charge in [0.15, 0.2) is 6.61 Å². The van der Waals surface area contributed by atoms with Gasteiger partial charge in [0.05, 0.1) is 6.21 Å². The molecule has 0 atom stereocenters. The van der Waals surface area contributed by atoms with Gasteiger partial charge in [-0.15, -0.1) is 0 Å². The molecule has 0 saturated heterocycles. The normalized spacial score (nSPS) is 10.5. The number of amides is 3. The molecule has 0 fully saturated rings. The van der Waals surface area contributed by atoms with E-state index in [1.165, 1.54) is 6.21 Å². The van der Waals surface area contributed by atoms with Crippen molar-refractivity contribution in [3.63, 3.8) is 0 Å². The molecular weight excluding hydrogens is 432 g/mol. The first kappa shape index (κ1) is 24.2. The maximum absolute atomic E-state index is 12.3. The first-order valence-corrected chi connectivity index (χ1v) is 10.7. The molecule has 8 heteroatoms. The van der Waals surface area contributed by atoms with Crippen LogP contribution in [0.25, 0.3) is 0 Å². The van der Waals surface area contributed by atoms with Gasteiger partial charge in [0.1, 0.15) is 5.75 Å². The monoisotopic (exact) mass is 458 g/mol. The van der Waals surface area contributed by atoms with Crippen molar-refractivity contribution in [3.8, 4) is 5.75 Å². The molecule has 0 aromatic heterocycles. The summed E-state index contributed by atoms with van der Waals surface area (Å²) < 4.78 is 5.63. The largest absolute Gasteiger partial charge is 0.483 e. The quantitative estimate of drug-likeness (QED) is 0.274. The lowest BCUT2D eigenvalue weighted by molar-refractivity contribution is -0.139. The average molecular weight is 459 g/mol. The van der Waals surface area contributed by atoms with Crippen LogP contribution in [0.5, 0.6) is 5.75 Å². The van der Waals surface area contributed by atoms with Crippen LogP contribution in [0.2, 0.25) is 0 Å². The van der Waals surface area contributed by atoms with Gasteiger partial charge in [0.25, 0.3) is 5.91 Å². The molecule has 3 amide bonds. The van der Waals surface area contributed by atoms with Crippen LogP contribution in [-0.2, 0) is 20.9 Å². The predicted molar refractivity (Wildman–Crippen MR) is 131 cm³/mol. The van der Waals surface area contributed by atoms with E-state index in [0.717, 1.165) is 22.4 Å². The second kappa shape index (κ2) is 12.0. The zero-order chi connectivity index (χ0) is 24.3.